The Balaban J connectivity index is 2.65. The number of benzene rings is 1. The highest BCUT2D eigenvalue weighted by molar-refractivity contribution is 5.84. The minimum atomic E-state index is -1.05. The molecule has 1 amide bonds. The SMILES string of the molecule is CC(C)(C)CCC(=O)N[C@@H](C(=O)O)c1ccccc1. The molecule has 1 rings (SSSR count). The second-order valence-electron chi connectivity index (χ2n) is 5.81. The molecule has 19 heavy (non-hydrogen) atoms. The number of hydrogen-bond acceptors (Lipinski definition) is 2. The molecule has 104 valence electrons. The van der Waals surface area contributed by atoms with Gasteiger partial charge in [-0.25, -0.2) is 4.79 Å². The van der Waals surface area contributed by atoms with Crippen LogP contribution >= 0.6 is 0 Å². The van der Waals surface area contributed by atoms with Crippen LogP contribution in [-0.4, -0.2) is 17.0 Å². The van der Waals surface area contributed by atoms with Gasteiger partial charge < -0.3 is 10.4 Å². The van der Waals surface area contributed by atoms with Crippen molar-refractivity contribution in [2.75, 3.05) is 0 Å². The van der Waals surface area contributed by atoms with E-state index in [0.717, 1.165) is 6.42 Å². The Kier molecular flexibility index (Phi) is 5.10. The molecule has 0 aliphatic carbocycles. The van der Waals surface area contributed by atoms with Crippen LogP contribution in [0.3, 0.4) is 0 Å². The summed E-state index contributed by atoms with van der Waals surface area (Å²) in [6.07, 6.45) is 1.06. The average molecular weight is 263 g/mol. The fraction of sp³-hybridized carbons (Fsp3) is 0.467. The van der Waals surface area contributed by atoms with Gasteiger partial charge in [0, 0.05) is 6.42 Å². The molecule has 0 aromatic heterocycles. The molecular weight excluding hydrogens is 242 g/mol. The molecule has 4 heteroatoms. The molecule has 0 saturated heterocycles. The van der Waals surface area contributed by atoms with Crippen LogP contribution in [0.1, 0.15) is 45.2 Å². The van der Waals surface area contributed by atoms with E-state index in [9.17, 15) is 14.7 Å². The lowest BCUT2D eigenvalue weighted by molar-refractivity contribution is -0.142. The molecule has 0 radical (unpaired) electrons. The Bertz CT molecular complexity index is 434. The van der Waals surface area contributed by atoms with E-state index in [1.54, 1.807) is 24.3 Å². The molecule has 0 bridgehead atoms. The van der Waals surface area contributed by atoms with Gasteiger partial charge in [-0.2, -0.15) is 0 Å². The molecular formula is C15H21NO3. The van der Waals surface area contributed by atoms with E-state index in [1.807, 2.05) is 26.8 Å². The first-order chi connectivity index (χ1) is 8.79. The van der Waals surface area contributed by atoms with Gasteiger partial charge in [-0.1, -0.05) is 51.1 Å². The van der Waals surface area contributed by atoms with Crippen molar-refractivity contribution in [3.63, 3.8) is 0 Å². The zero-order valence-corrected chi connectivity index (χ0v) is 11.6. The molecule has 1 atom stereocenters. The Morgan fingerprint density at radius 1 is 1.21 bits per heavy atom. The summed E-state index contributed by atoms with van der Waals surface area (Å²) in [5.74, 6) is -1.28. The lowest BCUT2D eigenvalue weighted by Gasteiger charge is -2.19. The van der Waals surface area contributed by atoms with Crippen LogP contribution in [-0.2, 0) is 9.59 Å². The van der Waals surface area contributed by atoms with E-state index in [0.29, 0.717) is 12.0 Å². The largest absolute Gasteiger partial charge is 0.479 e. The third-order valence-electron chi connectivity index (χ3n) is 2.79. The van der Waals surface area contributed by atoms with Crippen molar-refractivity contribution in [3.8, 4) is 0 Å². The zero-order chi connectivity index (χ0) is 14.5. The topological polar surface area (TPSA) is 66.4 Å². The average Bonchev–Trinajstić information content (AvgIpc) is 2.33. The molecule has 2 N–H and O–H groups in total. The van der Waals surface area contributed by atoms with Gasteiger partial charge in [0.2, 0.25) is 5.91 Å². The van der Waals surface area contributed by atoms with E-state index < -0.39 is 12.0 Å². The summed E-state index contributed by atoms with van der Waals surface area (Å²) in [7, 11) is 0. The van der Waals surface area contributed by atoms with E-state index in [4.69, 9.17) is 0 Å². The van der Waals surface area contributed by atoms with Crippen molar-refractivity contribution in [1.29, 1.82) is 0 Å². The second-order valence-corrected chi connectivity index (χ2v) is 5.81. The number of nitrogens with one attached hydrogen (secondary N) is 1. The predicted molar refractivity (Wildman–Crippen MR) is 73.7 cm³/mol. The van der Waals surface area contributed by atoms with Crippen LogP contribution in [0.15, 0.2) is 30.3 Å². The molecule has 0 spiro atoms. The molecule has 4 nitrogen and oxygen atoms in total. The van der Waals surface area contributed by atoms with E-state index in [2.05, 4.69) is 5.32 Å². The molecule has 0 aliphatic rings. The first-order valence-corrected chi connectivity index (χ1v) is 6.37. The monoisotopic (exact) mass is 263 g/mol. The highest BCUT2D eigenvalue weighted by atomic mass is 16.4. The Hall–Kier alpha value is -1.84. The Morgan fingerprint density at radius 3 is 2.26 bits per heavy atom. The quantitative estimate of drug-likeness (QED) is 0.858. The molecule has 1 aromatic rings. The highest BCUT2D eigenvalue weighted by Gasteiger charge is 2.22. The smallest absolute Gasteiger partial charge is 0.330 e. The predicted octanol–water partition coefficient (Wildman–Crippen LogP) is 2.75. The van der Waals surface area contributed by atoms with Gasteiger partial charge in [0.05, 0.1) is 0 Å². The first-order valence-electron chi connectivity index (χ1n) is 6.37. The van der Waals surface area contributed by atoms with Gasteiger partial charge in [0.1, 0.15) is 0 Å². The lowest BCUT2D eigenvalue weighted by Crippen LogP contribution is -2.34. The van der Waals surface area contributed by atoms with Crippen LogP contribution in [0.4, 0.5) is 0 Å². The van der Waals surface area contributed by atoms with Crippen LogP contribution in [0.2, 0.25) is 0 Å². The minimum absolute atomic E-state index is 0.0583. The summed E-state index contributed by atoms with van der Waals surface area (Å²) in [6.45, 7) is 6.14. The third kappa shape index (κ3) is 5.55. The zero-order valence-electron chi connectivity index (χ0n) is 11.6. The first kappa shape index (κ1) is 15.2. The van der Waals surface area contributed by atoms with Gasteiger partial charge >= 0.3 is 5.97 Å². The van der Waals surface area contributed by atoms with Gasteiger partial charge in [-0.05, 0) is 17.4 Å². The van der Waals surface area contributed by atoms with Crippen LogP contribution in [0.25, 0.3) is 0 Å². The van der Waals surface area contributed by atoms with E-state index in [1.165, 1.54) is 0 Å². The van der Waals surface area contributed by atoms with E-state index >= 15 is 0 Å². The standard InChI is InChI=1S/C15H21NO3/c1-15(2,3)10-9-12(17)16-13(14(18)19)11-7-5-4-6-8-11/h4-8,13H,9-10H2,1-3H3,(H,16,17)(H,18,19)/t13-/m1/s1. The summed E-state index contributed by atoms with van der Waals surface area (Å²) >= 11 is 0. The molecule has 0 heterocycles. The van der Waals surface area contributed by atoms with Crippen molar-refractivity contribution in [1.82, 2.24) is 5.32 Å². The maximum Gasteiger partial charge on any atom is 0.330 e. The van der Waals surface area contributed by atoms with Crippen molar-refractivity contribution in [2.24, 2.45) is 5.41 Å². The molecule has 0 saturated carbocycles. The van der Waals surface area contributed by atoms with Crippen molar-refractivity contribution < 1.29 is 14.7 Å². The number of rotatable bonds is 5. The maximum atomic E-state index is 11.8. The molecule has 0 fully saturated rings. The fourth-order valence-corrected chi connectivity index (χ4v) is 1.65. The lowest BCUT2D eigenvalue weighted by atomic mass is 9.90. The van der Waals surface area contributed by atoms with Crippen LogP contribution < -0.4 is 5.32 Å². The summed E-state index contributed by atoms with van der Waals surface area (Å²) < 4.78 is 0. The van der Waals surface area contributed by atoms with Gasteiger partial charge in [0.25, 0.3) is 0 Å². The minimum Gasteiger partial charge on any atom is -0.479 e. The number of amides is 1. The van der Waals surface area contributed by atoms with Gasteiger partial charge in [0.15, 0.2) is 6.04 Å². The Labute approximate surface area is 113 Å². The van der Waals surface area contributed by atoms with E-state index in [-0.39, 0.29) is 11.3 Å². The Morgan fingerprint density at radius 2 is 1.79 bits per heavy atom. The van der Waals surface area contributed by atoms with Crippen LogP contribution in [0, 0.1) is 5.41 Å². The number of hydrogen-bond donors (Lipinski definition) is 2. The summed E-state index contributed by atoms with van der Waals surface area (Å²) in [5, 5.41) is 11.8. The maximum absolute atomic E-state index is 11.8. The van der Waals surface area contributed by atoms with Crippen molar-refractivity contribution in [2.45, 2.75) is 39.7 Å². The number of carbonyl (C=O) groups excluding carboxylic acids is 1. The normalized spacial score (nSPS) is 12.8. The summed E-state index contributed by atoms with van der Waals surface area (Å²) in [4.78, 5) is 23.0. The number of carboxylic acids is 1. The van der Waals surface area contributed by atoms with Crippen LogP contribution in [0.5, 0.6) is 0 Å². The second kappa shape index (κ2) is 6.36. The summed E-state index contributed by atoms with van der Waals surface area (Å²) in [6, 6.07) is 7.74. The highest BCUT2D eigenvalue weighted by Crippen LogP contribution is 2.21. The van der Waals surface area contributed by atoms with Gasteiger partial charge in [-0.3, -0.25) is 4.79 Å². The fourth-order valence-electron chi connectivity index (χ4n) is 1.65. The number of carbonyl (C=O) groups is 2. The number of carboxylic acid groups (broad SMARTS) is 1. The summed E-state index contributed by atoms with van der Waals surface area (Å²) in [5.41, 5.74) is 0.641. The molecule has 1 aromatic carbocycles. The third-order valence-corrected chi connectivity index (χ3v) is 2.79. The van der Waals surface area contributed by atoms with Crippen molar-refractivity contribution >= 4 is 11.9 Å². The van der Waals surface area contributed by atoms with Crippen molar-refractivity contribution in [3.05, 3.63) is 35.9 Å². The number of aliphatic carboxylic acids is 1. The molecule has 0 unspecified atom stereocenters. The van der Waals surface area contributed by atoms with Gasteiger partial charge in [-0.15, -0.1) is 0 Å². The molecule has 0 aliphatic heterocycles.